The highest BCUT2D eigenvalue weighted by Crippen LogP contribution is 2.42. The average Bonchev–Trinajstić information content (AvgIpc) is 2.84. The maximum absolute atomic E-state index is 12.1. The topological polar surface area (TPSA) is 35.5 Å². The minimum absolute atomic E-state index is 0.365. The molecule has 0 aromatic heterocycles. The molecule has 0 unspecified atom stereocenters. The first-order valence-electron chi connectivity index (χ1n) is 7.25. The van der Waals surface area contributed by atoms with E-state index in [9.17, 15) is 4.79 Å². The van der Waals surface area contributed by atoms with Crippen LogP contribution in [0.5, 0.6) is 5.75 Å². The highest BCUT2D eigenvalue weighted by atomic mass is 79.9. The van der Waals surface area contributed by atoms with Gasteiger partial charge in [-0.3, -0.25) is 0 Å². The Kier molecular flexibility index (Phi) is 4.78. The van der Waals surface area contributed by atoms with Crippen LogP contribution in [0.4, 0.5) is 0 Å². The SMILES string of the molecule is COc1ccc(C)cc1C1=C(Br)C(=O)O/C1=C\c1ccccc1Cl. The molecule has 2 aromatic carbocycles. The van der Waals surface area contributed by atoms with Crippen molar-refractivity contribution >= 4 is 45.1 Å². The van der Waals surface area contributed by atoms with Crippen molar-refractivity contribution in [2.75, 3.05) is 7.11 Å². The van der Waals surface area contributed by atoms with Gasteiger partial charge in [0.25, 0.3) is 0 Å². The standard InChI is InChI=1S/C19H14BrClO3/c1-11-7-8-15(23-2)13(9-11)17-16(24-19(22)18(17)20)10-12-5-3-4-6-14(12)21/h3-10H,1-2H3/b16-10-. The number of allylic oxidation sites excluding steroid dienone is 1. The van der Waals surface area contributed by atoms with Crippen molar-refractivity contribution in [3.63, 3.8) is 0 Å². The molecular weight excluding hydrogens is 392 g/mol. The number of esters is 1. The molecule has 1 aliphatic rings. The summed E-state index contributed by atoms with van der Waals surface area (Å²) < 4.78 is 11.2. The molecule has 3 nitrogen and oxygen atoms in total. The molecule has 1 heterocycles. The van der Waals surface area contributed by atoms with E-state index in [0.29, 0.717) is 26.6 Å². The van der Waals surface area contributed by atoms with Gasteiger partial charge in [-0.25, -0.2) is 4.79 Å². The van der Waals surface area contributed by atoms with Gasteiger partial charge in [0.15, 0.2) is 0 Å². The van der Waals surface area contributed by atoms with Crippen LogP contribution in [0.25, 0.3) is 11.6 Å². The number of halogens is 2. The second kappa shape index (κ2) is 6.83. The second-order valence-electron chi connectivity index (χ2n) is 5.31. The average molecular weight is 406 g/mol. The number of cyclic esters (lactones) is 1. The summed E-state index contributed by atoms with van der Waals surface area (Å²) in [7, 11) is 1.59. The number of rotatable bonds is 3. The van der Waals surface area contributed by atoms with Crippen molar-refractivity contribution in [3.8, 4) is 5.75 Å². The molecule has 5 heteroatoms. The molecular formula is C19H14BrClO3. The fourth-order valence-electron chi connectivity index (χ4n) is 2.51. The highest BCUT2D eigenvalue weighted by molar-refractivity contribution is 9.12. The first-order chi connectivity index (χ1) is 11.5. The Balaban J connectivity index is 2.18. The number of carbonyl (C=O) groups excluding carboxylic acids is 1. The lowest BCUT2D eigenvalue weighted by Gasteiger charge is -2.11. The predicted octanol–water partition coefficient (Wildman–Crippen LogP) is 5.36. The number of ether oxygens (including phenoxy) is 2. The molecule has 0 bridgehead atoms. The van der Waals surface area contributed by atoms with Crippen LogP contribution in [0.15, 0.2) is 52.7 Å². The predicted molar refractivity (Wildman–Crippen MR) is 99.1 cm³/mol. The van der Waals surface area contributed by atoms with Gasteiger partial charge >= 0.3 is 5.97 Å². The van der Waals surface area contributed by atoms with Gasteiger partial charge in [0.1, 0.15) is 16.0 Å². The van der Waals surface area contributed by atoms with Gasteiger partial charge in [-0.2, -0.15) is 0 Å². The van der Waals surface area contributed by atoms with E-state index in [1.54, 1.807) is 19.3 Å². The van der Waals surface area contributed by atoms with Crippen LogP contribution in [-0.4, -0.2) is 13.1 Å². The summed E-state index contributed by atoms with van der Waals surface area (Å²) in [4.78, 5) is 12.1. The molecule has 24 heavy (non-hydrogen) atoms. The minimum Gasteiger partial charge on any atom is -0.496 e. The first kappa shape index (κ1) is 16.8. The van der Waals surface area contributed by atoms with E-state index < -0.39 is 5.97 Å². The number of aryl methyl sites for hydroxylation is 1. The van der Waals surface area contributed by atoms with E-state index in [4.69, 9.17) is 21.1 Å². The normalized spacial score (nSPS) is 15.8. The number of benzene rings is 2. The molecule has 0 saturated carbocycles. The van der Waals surface area contributed by atoms with Gasteiger partial charge < -0.3 is 9.47 Å². The van der Waals surface area contributed by atoms with Gasteiger partial charge in [0.05, 0.1) is 7.11 Å². The van der Waals surface area contributed by atoms with Crippen LogP contribution in [-0.2, 0) is 9.53 Å². The molecule has 122 valence electrons. The Bertz CT molecular complexity index is 884. The van der Waals surface area contributed by atoms with Crippen LogP contribution in [0, 0.1) is 6.92 Å². The van der Waals surface area contributed by atoms with Crippen LogP contribution >= 0.6 is 27.5 Å². The molecule has 0 spiro atoms. The lowest BCUT2D eigenvalue weighted by molar-refractivity contribution is -0.132. The number of methoxy groups -OCH3 is 1. The summed E-state index contributed by atoms with van der Waals surface area (Å²) in [5, 5.41) is 0.583. The van der Waals surface area contributed by atoms with E-state index in [1.165, 1.54) is 0 Å². The third-order valence-corrected chi connectivity index (χ3v) is 4.73. The first-order valence-corrected chi connectivity index (χ1v) is 8.42. The fourth-order valence-corrected chi connectivity index (χ4v) is 3.19. The third-order valence-electron chi connectivity index (χ3n) is 3.66. The van der Waals surface area contributed by atoms with Crippen molar-refractivity contribution < 1.29 is 14.3 Å². The van der Waals surface area contributed by atoms with E-state index in [1.807, 2.05) is 43.3 Å². The monoisotopic (exact) mass is 404 g/mol. The highest BCUT2D eigenvalue weighted by Gasteiger charge is 2.31. The number of carbonyl (C=O) groups is 1. The summed E-state index contributed by atoms with van der Waals surface area (Å²) in [6.45, 7) is 1.98. The molecule has 1 aliphatic heterocycles. The Labute approximate surface area is 153 Å². The lowest BCUT2D eigenvalue weighted by Crippen LogP contribution is -1.95. The quantitative estimate of drug-likeness (QED) is 0.645. The zero-order valence-corrected chi connectivity index (χ0v) is 15.4. The van der Waals surface area contributed by atoms with Gasteiger partial charge in [-0.05, 0) is 52.7 Å². The Hall–Kier alpha value is -2.04. The third kappa shape index (κ3) is 3.12. The summed E-state index contributed by atoms with van der Waals surface area (Å²) in [6, 6.07) is 13.1. The Morgan fingerprint density at radius 3 is 2.67 bits per heavy atom. The summed E-state index contributed by atoms with van der Waals surface area (Å²) >= 11 is 9.56. The molecule has 0 amide bonds. The molecule has 3 rings (SSSR count). The Morgan fingerprint density at radius 1 is 1.21 bits per heavy atom. The molecule has 2 aromatic rings. The molecule has 0 saturated heterocycles. The van der Waals surface area contributed by atoms with Crippen LogP contribution in [0.3, 0.4) is 0 Å². The van der Waals surface area contributed by atoms with Gasteiger partial charge in [0, 0.05) is 16.2 Å². The maximum atomic E-state index is 12.1. The van der Waals surface area contributed by atoms with Gasteiger partial charge in [-0.15, -0.1) is 0 Å². The largest absolute Gasteiger partial charge is 0.496 e. The fraction of sp³-hybridized carbons (Fsp3) is 0.105. The smallest absolute Gasteiger partial charge is 0.351 e. The van der Waals surface area contributed by atoms with E-state index >= 15 is 0 Å². The van der Waals surface area contributed by atoms with Crippen molar-refractivity contribution in [1.82, 2.24) is 0 Å². The summed E-state index contributed by atoms with van der Waals surface area (Å²) in [5.74, 6) is 0.659. The summed E-state index contributed by atoms with van der Waals surface area (Å²) in [6.07, 6.45) is 1.76. The van der Waals surface area contributed by atoms with Crippen LogP contribution in [0.2, 0.25) is 5.02 Å². The van der Waals surface area contributed by atoms with Crippen molar-refractivity contribution in [1.29, 1.82) is 0 Å². The van der Waals surface area contributed by atoms with Crippen molar-refractivity contribution in [2.24, 2.45) is 0 Å². The zero-order chi connectivity index (χ0) is 17.3. The second-order valence-corrected chi connectivity index (χ2v) is 6.51. The maximum Gasteiger partial charge on any atom is 0.351 e. The van der Waals surface area contributed by atoms with Crippen molar-refractivity contribution in [3.05, 3.63) is 74.4 Å². The van der Waals surface area contributed by atoms with E-state index in [2.05, 4.69) is 15.9 Å². The Morgan fingerprint density at radius 2 is 1.96 bits per heavy atom. The molecule has 0 atom stereocenters. The minimum atomic E-state index is -0.438. The number of hydrogen-bond acceptors (Lipinski definition) is 3. The molecule has 0 aliphatic carbocycles. The van der Waals surface area contributed by atoms with Gasteiger partial charge in [0.2, 0.25) is 0 Å². The van der Waals surface area contributed by atoms with E-state index in [0.717, 1.165) is 16.7 Å². The zero-order valence-electron chi connectivity index (χ0n) is 13.1. The molecule has 0 radical (unpaired) electrons. The van der Waals surface area contributed by atoms with Crippen LogP contribution < -0.4 is 4.74 Å². The van der Waals surface area contributed by atoms with Gasteiger partial charge in [-0.1, -0.05) is 41.4 Å². The summed E-state index contributed by atoms with van der Waals surface area (Å²) in [5.41, 5.74) is 3.26. The molecule has 0 N–H and O–H groups in total. The van der Waals surface area contributed by atoms with Crippen LogP contribution in [0.1, 0.15) is 16.7 Å². The van der Waals surface area contributed by atoms with E-state index in [-0.39, 0.29) is 0 Å². The van der Waals surface area contributed by atoms with Crippen molar-refractivity contribution in [2.45, 2.75) is 6.92 Å². The number of hydrogen-bond donors (Lipinski definition) is 0. The lowest BCUT2D eigenvalue weighted by atomic mass is 10.00. The molecule has 0 fully saturated rings.